The first kappa shape index (κ1) is 17.7. The van der Waals surface area contributed by atoms with E-state index in [1.54, 1.807) is 17.5 Å². The topological polar surface area (TPSA) is 53.5 Å². The molecular weight excluding hydrogens is 358 g/mol. The van der Waals surface area contributed by atoms with Gasteiger partial charge in [0, 0.05) is 56.2 Å². The highest BCUT2D eigenvalue weighted by Gasteiger charge is 2.22. The monoisotopic (exact) mass is 379 g/mol. The Hall–Kier alpha value is -2.73. The Morgan fingerprint density at radius 1 is 0.963 bits per heavy atom. The van der Waals surface area contributed by atoms with Gasteiger partial charge < -0.3 is 9.80 Å². The molecule has 0 radical (unpaired) electrons. The number of Topliss-reactive ketones (excluding diaryl/α,β-unsaturated/α-hetero) is 1. The first-order valence-corrected chi connectivity index (χ1v) is 10.0. The van der Waals surface area contributed by atoms with Crippen molar-refractivity contribution in [2.75, 3.05) is 31.1 Å². The van der Waals surface area contributed by atoms with Gasteiger partial charge in [0.15, 0.2) is 10.9 Å². The average Bonchev–Trinajstić information content (AvgIpc) is 3.26. The summed E-state index contributed by atoms with van der Waals surface area (Å²) in [7, 11) is 0. The van der Waals surface area contributed by atoms with Crippen LogP contribution in [0.3, 0.4) is 0 Å². The molecule has 2 aromatic carbocycles. The maximum absolute atomic E-state index is 12.5. The smallest absolute Gasteiger partial charge is 0.223 e. The van der Waals surface area contributed by atoms with Gasteiger partial charge in [0.05, 0.1) is 0 Å². The summed E-state index contributed by atoms with van der Waals surface area (Å²) >= 11 is 1.62. The van der Waals surface area contributed by atoms with Gasteiger partial charge >= 0.3 is 0 Å². The van der Waals surface area contributed by atoms with E-state index in [2.05, 4.69) is 9.88 Å². The molecular formula is C21H21N3O2S. The van der Waals surface area contributed by atoms with Crippen LogP contribution in [0.4, 0.5) is 5.13 Å². The third-order valence-electron chi connectivity index (χ3n) is 4.96. The molecule has 27 heavy (non-hydrogen) atoms. The predicted molar refractivity (Wildman–Crippen MR) is 108 cm³/mol. The minimum Gasteiger partial charge on any atom is -0.345 e. The normalized spacial score (nSPS) is 14.5. The van der Waals surface area contributed by atoms with E-state index in [4.69, 9.17) is 0 Å². The van der Waals surface area contributed by atoms with Gasteiger partial charge in [0.1, 0.15) is 0 Å². The number of hydrogen-bond donors (Lipinski definition) is 0. The summed E-state index contributed by atoms with van der Waals surface area (Å²) in [5, 5.41) is 5.13. The number of carbonyl (C=O) groups is 2. The van der Waals surface area contributed by atoms with Gasteiger partial charge in [-0.3, -0.25) is 9.59 Å². The zero-order valence-corrected chi connectivity index (χ0v) is 15.8. The molecule has 0 atom stereocenters. The van der Waals surface area contributed by atoms with Crippen molar-refractivity contribution in [1.82, 2.24) is 9.88 Å². The minimum absolute atomic E-state index is 0.0236. The summed E-state index contributed by atoms with van der Waals surface area (Å²) in [6.07, 6.45) is 2.32. The number of benzene rings is 2. The Kier molecular flexibility index (Phi) is 5.16. The number of rotatable bonds is 5. The second-order valence-electron chi connectivity index (χ2n) is 6.67. The van der Waals surface area contributed by atoms with Crippen molar-refractivity contribution in [3.63, 3.8) is 0 Å². The van der Waals surface area contributed by atoms with E-state index < -0.39 is 0 Å². The maximum Gasteiger partial charge on any atom is 0.223 e. The number of hydrogen-bond acceptors (Lipinski definition) is 5. The van der Waals surface area contributed by atoms with Crippen molar-refractivity contribution in [2.45, 2.75) is 12.8 Å². The Labute approximate surface area is 162 Å². The summed E-state index contributed by atoms with van der Waals surface area (Å²) in [5.74, 6) is 0.0819. The quantitative estimate of drug-likeness (QED) is 0.636. The fraction of sp³-hybridized carbons (Fsp3) is 0.286. The maximum atomic E-state index is 12.5. The largest absolute Gasteiger partial charge is 0.345 e. The molecule has 6 heteroatoms. The molecule has 1 fully saturated rings. The van der Waals surface area contributed by atoms with Gasteiger partial charge in [0.2, 0.25) is 5.91 Å². The van der Waals surface area contributed by atoms with Gasteiger partial charge in [-0.25, -0.2) is 4.98 Å². The van der Waals surface area contributed by atoms with Crippen LogP contribution in [0.1, 0.15) is 23.2 Å². The number of amides is 1. The van der Waals surface area contributed by atoms with E-state index in [9.17, 15) is 9.59 Å². The number of nitrogens with zero attached hydrogens (tertiary/aromatic N) is 3. The SMILES string of the molecule is O=C(CCC(=O)N1CCN(c2nccs2)CC1)c1ccc2ccccc2c1. The Balaban J connectivity index is 1.30. The fourth-order valence-corrected chi connectivity index (χ4v) is 4.10. The van der Waals surface area contributed by atoms with E-state index >= 15 is 0 Å². The van der Waals surface area contributed by atoms with E-state index in [-0.39, 0.29) is 24.5 Å². The molecule has 0 N–H and O–H groups in total. The highest BCUT2D eigenvalue weighted by molar-refractivity contribution is 7.13. The Morgan fingerprint density at radius 3 is 2.48 bits per heavy atom. The highest BCUT2D eigenvalue weighted by Crippen LogP contribution is 2.20. The molecule has 5 nitrogen and oxygen atoms in total. The summed E-state index contributed by atoms with van der Waals surface area (Å²) < 4.78 is 0. The van der Waals surface area contributed by atoms with E-state index in [1.165, 1.54) is 0 Å². The first-order chi connectivity index (χ1) is 13.2. The number of anilines is 1. The van der Waals surface area contributed by atoms with Crippen LogP contribution in [0.2, 0.25) is 0 Å². The molecule has 0 spiro atoms. The number of piperazine rings is 1. The summed E-state index contributed by atoms with van der Waals surface area (Å²) in [4.78, 5) is 33.4. The van der Waals surface area contributed by atoms with Crippen molar-refractivity contribution < 1.29 is 9.59 Å². The second kappa shape index (κ2) is 7.88. The molecule has 1 saturated heterocycles. The van der Waals surface area contributed by atoms with Crippen molar-refractivity contribution in [3.05, 3.63) is 59.6 Å². The average molecular weight is 379 g/mol. The van der Waals surface area contributed by atoms with Crippen LogP contribution < -0.4 is 4.90 Å². The lowest BCUT2D eigenvalue weighted by molar-refractivity contribution is -0.131. The van der Waals surface area contributed by atoms with Crippen LogP contribution in [0, 0.1) is 0 Å². The zero-order chi connectivity index (χ0) is 18.6. The molecule has 0 saturated carbocycles. The fourth-order valence-electron chi connectivity index (χ4n) is 3.40. The van der Waals surface area contributed by atoms with Crippen LogP contribution in [0.5, 0.6) is 0 Å². The van der Waals surface area contributed by atoms with Crippen molar-refractivity contribution in [3.8, 4) is 0 Å². The number of ketones is 1. The van der Waals surface area contributed by atoms with Crippen LogP contribution in [-0.2, 0) is 4.79 Å². The van der Waals surface area contributed by atoms with Crippen LogP contribution in [-0.4, -0.2) is 47.8 Å². The van der Waals surface area contributed by atoms with Crippen LogP contribution >= 0.6 is 11.3 Å². The van der Waals surface area contributed by atoms with E-state index in [0.29, 0.717) is 18.7 Å². The lowest BCUT2D eigenvalue weighted by atomic mass is 10.0. The van der Waals surface area contributed by atoms with Crippen LogP contribution in [0.15, 0.2) is 54.0 Å². The lowest BCUT2D eigenvalue weighted by Crippen LogP contribution is -2.48. The zero-order valence-electron chi connectivity index (χ0n) is 15.0. The molecule has 1 aliphatic rings. The van der Waals surface area contributed by atoms with Crippen molar-refractivity contribution >= 4 is 38.9 Å². The highest BCUT2D eigenvalue weighted by atomic mass is 32.1. The first-order valence-electron chi connectivity index (χ1n) is 9.15. The molecule has 138 valence electrons. The molecule has 0 bridgehead atoms. The Bertz CT molecular complexity index is 947. The third-order valence-corrected chi connectivity index (χ3v) is 5.79. The summed E-state index contributed by atoms with van der Waals surface area (Å²) in [6, 6.07) is 13.7. The second-order valence-corrected chi connectivity index (χ2v) is 7.54. The predicted octanol–water partition coefficient (Wildman–Crippen LogP) is 3.61. The third kappa shape index (κ3) is 4.01. The molecule has 1 aliphatic heterocycles. The lowest BCUT2D eigenvalue weighted by Gasteiger charge is -2.34. The number of thiazole rings is 1. The summed E-state index contributed by atoms with van der Waals surface area (Å²) in [6.45, 7) is 2.95. The van der Waals surface area contributed by atoms with Gasteiger partial charge in [-0.1, -0.05) is 36.4 Å². The van der Waals surface area contributed by atoms with Gasteiger partial charge in [0.25, 0.3) is 0 Å². The van der Waals surface area contributed by atoms with Gasteiger partial charge in [-0.2, -0.15) is 0 Å². The molecule has 0 aliphatic carbocycles. The molecule has 4 rings (SSSR count). The van der Waals surface area contributed by atoms with E-state index in [0.717, 1.165) is 29.0 Å². The number of aromatic nitrogens is 1. The molecule has 0 unspecified atom stereocenters. The van der Waals surface area contributed by atoms with E-state index in [1.807, 2.05) is 52.7 Å². The Morgan fingerprint density at radius 2 is 1.74 bits per heavy atom. The molecule has 2 heterocycles. The number of fused-ring (bicyclic) bond motifs is 1. The van der Waals surface area contributed by atoms with Gasteiger partial charge in [-0.15, -0.1) is 11.3 Å². The summed E-state index contributed by atoms with van der Waals surface area (Å²) in [5.41, 5.74) is 0.676. The number of carbonyl (C=O) groups excluding carboxylic acids is 2. The van der Waals surface area contributed by atoms with Crippen molar-refractivity contribution in [1.29, 1.82) is 0 Å². The van der Waals surface area contributed by atoms with Gasteiger partial charge in [-0.05, 0) is 16.8 Å². The van der Waals surface area contributed by atoms with Crippen molar-refractivity contribution in [2.24, 2.45) is 0 Å². The molecule has 3 aromatic rings. The molecule has 1 amide bonds. The van der Waals surface area contributed by atoms with Crippen LogP contribution in [0.25, 0.3) is 10.8 Å². The standard InChI is InChI=1S/C21H21N3O2S/c25-19(18-6-5-16-3-1-2-4-17(16)15-18)7-8-20(26)23-10-12-24(13-11-23)21-22-9-14-27-21/h1-6,9,14-15H,7-8,10-13H2. The molecule has 1 aromatic heterocycles. The minimum atomic E-state index is 0.0236.